The van der Waals surface area contributed by atoms with E-state index in [1.165, 1.54) is 11.6 Å². The number of aliphatic hydroxyl groups is 1. The second kappa shape index (κ2) is 8.31. The number of sulfonamides is 1. The summed E-state index contributed by atoms with van der Waals surface area (Å²) in [5, 5.41) is 15.0. The summed E-state index contributed by atoms with van der Waals surface area (Å²) in [5.74, 6) is 0. The molecule has 1 heterocycles. The number of hydrogen-bond acceptors (Lipinski definition) is 4. The van der Waals surface area contributed by atoms with Gasteiger partial charge in [-0.05, 0) is 56.0 Å². The zero-order valence-electron chi connectivity index (χ0n) is 14.8. The van der Waals surface area contributed by atoms with Crippen LogP contribution in [-0.2, 0) is 16.4 Å². The number of nitrogens with two attached hydrogens (primary N) is 1. The number of likely N-dealkylation sites (tertiary alicyclic amines) is 1. The molecule has 5 nitrogen and oxygen atoms in total. The number of benzene rings is 2. The molecule has 2 aromatic carbocycles. The Hall–Kier alpha value is -1.73. The van der Waals surface area contributed by atoms with E-state index in [0.717, 1.165) is 50.9 Å². The van der Waals surface area contributed by atoms with Crippen LogP contribution in [0.1, 0.15) is 24.8 Å². The molecule has 0 saturated carbocycles. The zero-order chi connectivity index (χ0) is 18.6. The lowest BCUT2D eigenvalue weighted by molar-refractivity contribution is 0.0702. The third-order valence-electron chi connectivity index (χ3n) is 4.88. The molecule has 26 heavy (non-hydrogen) atoms. The Bertz CT molecular complexity index is 834. The largest absolute Gasteiger partial charge is 0.392 e. The molecule has 1 aliphatic heterocycles. The van der Waals surface area contributed by atoms with Crippen molar-refractivity contribution in [1.82, 2.24) is 4.90 Å². The van der Waals surface area contributed by atoms with Crippen LogP contribution < -0.4 is 5.14 Å². The quantitative estimate of drug-likeness (QED) is 0.813. The second-order valence-electron chi connectivity index (χ2n) is 6.94. The van der Waals surface area contributed by atoms with Gasteiger partial charge in [-0.1, -0.05) is 42.5 Å². The minimum Gasteiger partial charge on any atom is -0.392 e. The van der Waals surface area contributed by atoms with Gasteiger partial charge in [-0.25, -0.2) is 13.6 Å². The summed E-state index contributed by atoms with van der Waals surface area (Å²) in [6.45, 7) is 2.84. The van der Waals surface area contributed by atoms with Crippen molar-refractivity contribution in [2.75, 3.05) is 19.6 Å². The van der Waals surface area contributed by atoms with Gasteiger partial charge in [0.15, 0.2) is 0 Å². The number of piperidine rings is 1. The molecule has 1 saturated heterocycles. The highest BCUT2D eigenvalue weighted by molar-refractivity contribution is 7.89. The first-order valence-electron chi connectivity index (χ1n) is 9.05. The Morgan fingerprint density at radius 3 is 2.54 bits per heavy atom. The monoisotopic (exact) mass is 374 g/mol. The van der Waals surface area contributed by atoms with Crippen LogP contribution in [0.2, 0.25) is 0 Å². The molecule has 3 N–H and O–H groups in total. The van der Waals surface area contributed by atoms with E-state index in [9.17, 15) is 13.5 Å². The molecule has 3 rings (SSSR count). The van der Waals surface area contributed by atoms with Gasteiger partial charge in [-0.15, -0.1) is 0 Å². The third-order valence-corrected chi connectivity index (χ3v) is 5.85. The predicted molar refractivity (Wildman–Crippen MR) is 103 cm³/mol. The van der Waals surface area contributed by atoms with Crippen LogP contribution in [0.4, 0.5) is 0 Å². The number of nitrogens with zero attached hydrogens (tertiary/aromatic N) is 1. The predicted octanol–water partition coefficient (Wildman–Crippen LogP) is 2.39. The summed E-state index contributed by atoms with van der Waals surface area (Å²) in [7, 11) is -3.75. The van der Waals surface area contributed by atoms with Gasteiger partial charge in [0.1, 0.15) is 0 Å². The SMILES string of the molecule is NS(=O)(=O)c1ccccc1-c1ccc(CCCN2CCCC(O)C2)cc1. The standard InChI is InChI=1S/C20H26N2O3S/c21-26(24,25)20-8-2-1-7-19(20)17-11-9-16(10-12-17)5-3-13-22-14-4-6-18(23)15-22/h1-2,7-12,18,23H,3-6,13-15H2,(H2,21,24,25). The number of aliphatic hydroxyl groups excluding tert-OH is 1. The maximum atomic E-state index is 11.8. The van der Waals surface area contributed by atoms with Crippen molar-refractivity contribution in [2.24, 2.45) is 5.14 Å². The number of aryl methyl sites for hydroxylation is 1. The first-order chi connectivity index (χ1) is 12.4. The number of rotatable bonds is 6. The van der Waals surface area contributed by atoms with Gasteiger partial charge in [-0.2, -0.15) is 0 Å². The smallest absolute Gasteiger partial charge is 0.238 e. The van der Waals surface area contributed by atoms with Crippen LogP contribution in [-0.4, -0.2) is 44.2 Å². The van der Waals surface area contributed by atoms with Gasteiger partial charge in [0.05, 0.1) is 11.0 Å². The van der Waals surface area contributed by atoms with Crippen LogP contribution in [0.3, 0.4) is 0 Å². The Labute approximate surface area is 155 Å². The zero-order valence-corrected chi connectivity index (χ0v) is 15.7. The minimum atomic E-state index is -3.75. The molecule has 1 fully saturated rings. The molecule has 1 atom stereocenters. The summed E-state index contributed by atoms with van der Waals surface area (Å²) in [5.41, 5.74) is 2.70. The van der Waals surface area contributed by atoms with E-state index in [4.69, 9.17) is 5.14 Å². The number of primary sulfonamides is 1. The lowest BCUT2D eigenvalue weighted by Gasteiger charge is -2.29. The fraction of sp³-hybridized carbons (Fsp3) is 0.400. The molecule has 0 aliphatic carbocycles. The van der Waals surface area contributed by atoms with E-state index in [1.807, 2.05) is 30.3 Å². The van der Waals surface area contributed by atoms with Crippen molar-refractivity contribution in [1.29, 1.82) is 0 Å². The summed E-state index contributed by atoms with van der Waals surface area (Å²) in [4.78, 5) is 2.47. The van der Waals surface area contributed by atoms with Gasteiger partial charge in [-0.3, -0.25) is 0 Å². The van der Waals surface area contributed by atoms with E-state index >= 15 is 0 Å². The second-order valence-corrected chi connectivity index (χ2v) is 8.47. The highest BCUT2D eigenvalue weighted by atomic mass is 32.2. The third kappa shape index (κ3) is 4.92. The molecule has 0 spiro atoms. The average molecular weight is 375 g/mol. The maximum Gasteiger partial charge on any atom is 0.238 e. The van der Waals surface area contributed by atoms with Gasteiger partial charge in [0, 0.05) is 12.1 Å². The molecule has 0 radical (unpaired) electrons. The highest BCUT2D eigenvalue weighted by Gasteiger charge is 2.17. The van der Waals surface area contributed by atoms with Crippen LogP contribution in [0.25, 0.3) is 11.1 Å². The van der Waals surface area contributed by atoms with E-state index in [1.54, 1.807) is 12.1 Å². The van der Waals surface area contributed by atoms with Crippen LogP contribution >= 0.6 is 0 Å². The molecule has 0 bridgehead atoms. The molecular formula is C20H26N2O3S. The molecular weight excluding hydrogens is 348 g/mol. The molecule has 2 aromatic rings. The summed E-state index contributed by atoms with van der Waals surface area (Å²) < 4.78 is 23.5. The normalized spacial score (nSPS) is 18.8. The van der Waals surface area contributed by atoms with E-state index in [-0.39, 0.29) is 11.0 Å². The van der Waals surface area contributed by atoms with Crippen LogP contribution in [0.15, 0.2) is 53.4 Å². The van der Waals surface area contributed by atoms with Crippen molar-refractivity contribution in [2.45, 2.75) is 36.7 Å². The van der Waals surface area contributed by atoms with Crippen molar-refractivity contribution in [3.8, 4) is 11.1 Å². The van der Waals surface area contributed by atoms with Gasteiger partial charge < -0.3 is 10.0 Å². The summed E-state index contributed by atoms with van der Waals surface area (Å²) >= 11 is 0. The van der Waals surface area contributed by atoms with Crippen molar-refractivity contribution in [3.05, 3.63) is 54.1 Å². The molecule has 0 aromatic heterocycles. The van der Waals surface area contributed by atoms with E-state index in [0.29, 0.717) is 5.56 Å². The Morgan fingerprint density at radius 2 is 1.85 bits per heavy atom. The minimum absolute atomic E-state index is 0.149. The van der Waals surface area contributed by atoms with Crippen molar-refractivity contribution >= 4 is 10.0 Å². The van der Waals surface area contributed by atoms with E-state index < -0.39 is 10.0 Å². The van der Waals surface area contributed by atoms with Crippen molar-refractivity contribution in [3.63, 3.8) is 0 Å². The summed E-state index contributed by atoms with van der Waals surface area (Å²) in [6, 6.07) is 14.8. The molecule has 6 heteroatoms. The van der Waals surface area contributed by atoms with Crippen molar-refractivity contribution < 1.29 is 13.5 Å². The maximum absolute atomic E-state index is 11.8. The lowest BCUT2D eigenvalue weighted by Crippen LogP contribution is -2.38. The number of hydrogen-bond donors (Lipinski definition) is 2. The fourth-order valence-corrected chi connectivity index (χ4v) is 4.31. The molecule has 140 valence electrons. The average Bonchev–Trinajstić information content (AvgIpc) is 2.62. The Balaban J connectivity index is 1.63. The van der Waals surface area contributed by atoms with Crippen LogP contribution in [0.5, 0.6) is 0 Å². The number of β-amino-alcohol motifs (C(OH)–C–C–N with tert-alkyl or cyclic N) is 1. The topological polar surface area (TPSA) is 83.6 Å². The highest BCUT2D eigenvalue weighted by Crippen LogP contribution is 2.26. The fourth-order valence-electron chi connectivity index (χ4n) is 3.55. The van der Waals surface area contributed by atoms with Gasteiger partial charge in [0.25, 0.3) is 0 Å². The molecule has 0 amide bonds. The molecule has 1 aliphatic rings. The van der Waals surface area contributed by atoms with Crippen LogP contribution in [0, 0.1) is 0 Å². The Kier molecular flexibility index (Phi) is 6.09. The van der Waals surface area contributed by atoms with Gasteiger partial charge >= 0.3 is 0 Å². The lowest BCUT2D eigenvalue weighted by atomic mass is 10.0. The molecule has 1 unspecified atom stereocenters. The Morgan fingerprint density at radius 1 is 1.12 bits per heavy atom. The first-order valence-corrected chi connectivity index (χ1v) is 10.6. The van der Waals surface area contributed by atoms with E-state index in [2.05, 4.69) is 4.90 Å². The van der Waals surface area contributed by atoms with Gasteiger partial charge in [0.2, 0.25) is 10.0 Å². The first kappa shape index (κ1) is 19.0. The summed E-state index contributed by atoms with van der Waals surface area (Å²) in [6.07, 6.45) is 3.81.